The number of H-pyrrole nitrogens is 1. The van der Waals surface area contributed by atoms with Crippen LogP contribution in [0.3, 0.4) is 0 Å². The maximum Gasteiger partial charge on any atom is 0.274 e. The molecule has 2 N–H and O–H groups in total. The largest absolute Gasteiger partial charge is 0.337 e. The van der Waals surface area contributed by atoms with Crippen molar-refractivity contribution in [1.82, 2.24) is 35.2 Å². The molecule has 2 aliphatic rings. The van der Waals surface area contributed by atoms with Gasteiger partial charge in [-0.15, -0.1) is 21.5 Å². The fraction of sp³-hybridized carbons (Fsp3) is 0.444. The fourth-order valence-electron chi connectivity index (χ4n) is 3.91. The number of carbonyl (C=O) groups is 1. The van der Waals surface area contributed by atoms with Crippen LogP contribution >= 0.6 is 11.3 Å². The molecule has 8 nitrogen and oxygen atoms in total. The number of nitrogens with one attached hydrogen (secondary N) is 2. The zero-order valence-electron chi connectivity index (χ0n) is 14.9. The molecule has 1 saturated heterocycles. The average molecular weight is 383 g/mol. The summed E-state index contributed by atoms with van der Waals surface area (Å²) in [6.07, 6.45) is 1.83. The number of fused-ring (bicyclic) bond motifs is 1. The van der Waals surface area contributed by atoms with Crippen molar-refractivity contribution in [2.24, 2.45) is 0 Å². The van der Waals surface area contributed by atoms with Gasteiger partial charge in [-0.3, -0.25) is 9.89 Å². The number of likely N-dealkylation sites (tertiary alicyclic amines) is 1. The quantitative estimate of drug-likeness (QED) is 0.720. The first-order chi connectivity index (χ1) is 13.3. The molecule has 5 rings (SSSR count). The van der Waals surface area contributed by atoms with Gasteiger partial charge in [-0.25, -0.2) is 0 Å². The van der Waals surface area contributed by atoms with Gasteiger partial charge in [0.1, 0.15) is 11.6 Å². The number of rotatable bonds is 3. The maximum atomic E-state index is 12.8. The normalized spacial score (nSPS) is 17.9. The molecular weight excluding hydrogens is 362 g/mol. The van der Waals surface area contributed by atoms with Crippen LogP contribution in [0.2, 0.25) is 0 Å². The monoisotopic (exact) mass is 383 g/mol. The second-order valence-corrected chi connectivity index (χ2v) is 7.96. The van der Waals surface area contributed by atoms with Crippen molar-refractivity contribution in [3.63, 3.8) is 0 Å². The van der Waals surface area contributed by atoms with E-state index >= 15 is 0 Å². The molecule has 0 aliphatic carbocycles. The van der Waals surface area contributed by atoms with Crippen LogP contribution in [0.25, 0.3) is 10.6 Å². The third kappa shape index (κ3) is 3.06. The molecule has 0 spiro atoms. The minimum atomic E-state index is -0.0000200. The van der Waals surface area contributed by atoms with Crippen LogP contribution in [0.4, 0.5) is 0 Å². The van der Waals surface area contributed by atoms with Crippen LogP contribution in [0.15, 0.2) is 23.6 Å². The zero-order chi connectivity index (χ0) is 18.2. The molecule has 1 fully saturated rings. The van der Waals surface area contributed by atoms with Crippen molar-refractivity contribution in [3.8, 4) is 10.6 Å². The molecule has 0 radical (unpaired) electrons. The average Bonchev–Trinajstić information content (AvgIpc) is 3.47. The maximum absolute atomic E-state index is 12.8. The van der Waals surface area contributed by atoms with Gasteiger partial charge in [0, 0.05) is 32.1 Å². The van der Waals surface area contributed by atoms with Gasteiger partial charge in [-0.05, 0) is 30.4 Å². The van der Waals surface area contributed by atoms with Crippen LogP contribution in [-0.4, -0.2) is 55.4 Å². The van der Waals surface area contributed by atoms with E-state index in [9.17, 15) is 4.79 Å². The topological polar surface area (TPSA) is 91.7 Å². The smallest absolute Gasteiger partial charge is 0.274 e. The Balaban J connectivity index is 1.25. The summed E-state index contributed by atoms with van der Waals surface area (Å²) >= 11 is 1.63. The Bertz CT molecular complexity index is 937. The van der Waals surface area contributed by atoms with Crippen molar-refractivity contribution in [1.29, 1.82) is 0 Å². The Morgan fingerprint density at radius 1 is 1.22 bits per heavy atom. The lowest BCUT2D eigenvalue weighted by molar-refractivity contribution is 0.0704. The number of hydrogen-bond donors (Lipinski definition) is 2. The van der Waals surface area contributed by atoms with Crippen molar-refractivity contribution >= 4 is 17.2 Å². The van der Waals surface area contributed by atoms with E-state index < -0.39 is 0 Å². The summed E-state index contributed by atoms with van der Waals surface area (Å²) in [5.41, 5.74) is 1.38. The first-order valence-corrected chi connectivity index (χ1v) is 10.2. The summed E-state index contributed by atoms with van der Waals surface area (Å²) in [6.45, 7) is 4.13. The van der Waals surface area contributed by atoms with Crippen molar-refractivity contribution in [3.05, 3.63) is 40.9 Å². The highest BCUT2D eigenvalue weighted by atomic mass is 32.1. The van der Waals surface area contributed by atoms with Crippen molar-refractivity contribution in [2.45, 2.75) is 31.8 Å². The molecular formula is C18H21N7OS. The Morgan fingerprint density at radius 3 is 2.93 bits per heavy atom. The third-order valence-electron chi connectivity index (χ3n) is 5.38. The van der Waals surface area contributed by atoms with Gasteiger partial charge >= 0.3 is 0 Å². The summed E-state index contributed by atoms with van der Waals surface area (Å²) in [4.78, 5) is 15.8. The molecule has 1 amide bonds. The Hall–Kier alpha value is -2.52. The van der Waals surface area contributed by atoms with E-state index in [0.29, 0.717) is 11.6 Å². The highest BCUT2D eigenvalue weighted by Crippen LogP contribution is 2.29. The van der Waals surface area contributed by atoms with E-state index in [4.69, 9.17) is 0 Å². The summed E-state index contributed by atoms with van der Waals surface area (Å²) < 4.78 is 2.25. The summed E-state index contributed by atoms with van der Waals surface area (Å²) in [7, 11) is 0. The molecule has 0 atom stereocenters. The number of hydrogen-bond acceptors (Lipinski definition) is 6. The Labute approximate surface area is 160 Å². The first-order valence-electron chi connectivity index (χ1n) is 9.31. The molecule has 2 aliphatic heterocycles. The van der Waals surface area contributed by atoms with Gasteiger partial charge < -0.3 is 14.8 Å². The third-order valence-corrected chi connectivity index (χ3v) is 6.29. The summed E-state index contributed by atoms with van der Waals surface area (Å²) in [6, 6.07) is 5.86. The van der Waals surface area contributed by atoms with Gasteiger partial charge in [0.25, 0.3) is 5.91 Å². The number of thiophene rings is 1. The minimum absolute atomic E-state index is 0.0000200. The lowest BCUT2D eigenvalue weighted by Crippen LogP contribution is -2.39. The number of nitrogens with zero attached hydrogens (tertiary/aromatic N) is 5. The van der Waals surface area contributed by atoms with Crippen LogP contribution in [0.1, 0.15) is 40.9 Å². The highest BCUT2D eigenvalue weighted by Gasteiger charge is 2.30. The van der Waals surface area contributed by atoms with Gasteiger partial charge in [0.15, 0.2) is 5.69 Å². The van der Waals surface area contributed by atoms with E-state index in [2.05, 4.69) is 30.3 Å². The fourth-order valence-corrected chi connectivity index (χ4v) is 4.60. The number of aromatic nitrogens is 5. The lowest BCUT2D eigenvalue weighted by Gasteiger charge is -2.31. The zero-order valence-corrected chi connectivity index (χ0v) is 15.7. The van der Waals surface area contributed by atoms with E-state index in [-0.39, 0.29) is 5.91 Å². The van der Waals surface area contributed by atoms with Crippen LogP contribution in [-0.2, 0) is 13.1 Å². The van der Waals surface area contributed by atoms with Gasteiger partial charge in [0.05, 0.1) is 17.1 Å². The Kier molecular flexibility index (Phi) is 4.25. The standard InChI is InChI=1S/C18H21N7OS/c26-18(14-10-13(20-21-14)15-2-1-9-27-15)24-6-3-12(4-7-24)17-23-22-16-11-19-5-8-25(16)17/h1-2,9-10,12,19H,3-8,11H2,(H,20,21). The molecule has 9 heteroatoms. The molecule has 5 heterocycles. The van der Waals surface area contributed by atoms with Crippen LogP contribution in [0, 0.1) is 0 Å². The minimum Gasteiger partial charge on any atom is -0.337 e. The second-order valence-electron chi connectivity index (χ2n) is 7.01. The van der Waals surface area contributed by atoms with Gasteiger partial charge in [0.2, 0.25) is 0 Å². The predicted molar refractivity (Wildman–Crippen MR) is 102 cm³/mol. The molecule has 3 aromatic heterocycles. The molecule has 0 aromatic carbocycles. The molecule has 0 saturated carbocycles. The predicted octanol–water partition coefficient (Wildman–Crippen LogP) is 1.85. The molecule has 0 bridgehead atoms. The summed E-state index contributed by atoms with van der Waals surface area (Å²) in [5.74, 6) is 2.47. The van der Waals surface area contributed by atoms with Crippen molar-refractivity contribution < 1.29 is 4.79 Å². The number of piperidine rings is 1. The van der Waals surface area contributed by atoms with E-state index in [0.717, 1.165) is 67.8 Å². The van der Waals surface area contributed by atoms with E-state index in [1.54, 1.807) is 11.3 Å². The van der Waals surface area contributed by atoms with Gasteiger partial charge in [-0.1, -0.05) is 6.07 Å². The lowest BCUT2D eigenvalue weighted by atomic mass is 9.95. The van der Waals surface area contributed by atoms with E-state index in [1.807, 2.05) is 28.5 Å². The number of carbonyl (C=O) groups excluding carboxylic acids is 1. The van der Waals surface area contributed by atoms with Crippen molar-refractivity contribution in [2.75, 3.05) is 19.6 Å². The molecule has 27 heavy (non-hydrogen) atoms. The molecule has 0 unspecified atom stereocenters. The molecule has 3 aromatic rings. The Morgan fingerprint density at radius 2 is 2.11 bits per heavy atom. The van der Waals surface area contributed by atoms with E-state index in [1.165, 1.54) is 0 Å². The molecule has 140 valence electrons. The van der Waals surface area contributed by atoms with Crippen LogP contribution in [0.5, 0.6) is 0 Å². The highest BCUT2D eigenvalue weighted by molar-refractivity contribution is 7.13. The first kappa shape index (κ1) is 16.6. The SMILES string of the molecule is O=C(c1cc(-c2cccs2)[nH]n1)N1CCC(c2nnc3n2CCNC3)CC1. The number of amides is 1. The second kappa shape index (κ2) is 6.90. The van der Waals surface area contributed by atoms with Gasteiger partial charge in [-0.2, -0.15) is 5.10 Å². The number of aromatic amines is 1. The van der Waals surface area contributed by atoms with Crippen LogP contribution < -0.4 is 5.32 Å². The summed E-state index contributed by atoms with van der Waals surface area (Å²) in [5, 5.41) is 21.3.